The minimum Gasteiger partial charge on any atom is -0.459 e. The van der Waals surface area contributed by atoms with Gasteiger partial charge in [-0.3, -0.25) is 4.79 Å². The molecule has 1 aliphatic carbocycles. The van der Waals surface area contributed by atoms with Crippen LogP contribution in [0.4, 0.5) is 0 Å². The second-order valence-corrected chi connectivity index (χ2v) is 8.86. The fraction of sp³-hybridized carbons (Fsp3) is 0.391. The number of hydrogen-bond acceptors (Lipinski definition) is 4. The average molecular weight is 396 g/mol. The molecule has 4 rings (SSSR count). The van der Waals surface area contributed by atoms with E-state index in [2.05, 4.69) is 17.4 Å². The first-order valence-corrected chi connectivity index (χ1v) is 10.8. The van der Waals surface area contributed by atoms with Crippen LogP contribution >= 0.6 is 11.8 Å². The minimum absolute atomic E-state index is 0.0558. The fourth-order valence-corrected chi connectivity index (χ4v) is 5.24. The maximum Gasteiger partial charge on any atom is 0.332 e. The smallest absolute Gasteiger partial charge is 0.332 e. The highest BCUT2D eigenvalue weighted by Crippen LogP contribution is 2.38. The van der Waals surface area contributed by atoms with E-state index in [9.17, 15) is 9.59 Å². The molecule has 1 saturated carbocycles. The molecular formula is C23H25NO3S. The van der Waals surface area contributed by atoms with Crippen LogP contribution in [0.15, 0.2) is 59.5 Å². The molecule has 2 aromatic rings. The normalized spacial score (nSPS) is 20.2. The molecule has 0 saturated heterocycles. The number of fused-ring (bicyclic) bond motifs is 1. The van der Waals surface area contributed by atoms with Crippen molar-refractivity contribution in [2.75, 3.05) is 0 Å². The number of rotatable bonds is 5. The third kappa shape index (κ3) is 4.09. The molecule has 1 N–H and O–H groups in total. The first-order chi connectivity index (χ1) is 13.7. The summed E-state index contributed by atoms with van der Waals surface area (Å²) >= 11 is 1.59. The molecular weight excluding hydrogens is 370 g/mol. The number of hydrogen-bond donors (Lipinski definition) is 1. The van der Waals surface area contributed by atoms with Crippen LogP contribution in [0.1, 0.15) is 43.2 Å². The molecule has 1 heterocycles. The Hall–Kier alpha value is -2.27. The zero-order valence-electron chi connectivity index (χ0n) is 15.9. The number of amides is 1. The van der Waals surface area contributed by atoms with Crippen LogP contribution in [0.5, 0.6) is 0 Å². The first-order valence-electron chi connectivity index (χ1n) is 9.94. The van der Waals surface area contributed by atoms with Crippen LogP contribution in [0.2, 0.25) is 0 Å². The van der Waals surface area contributed by atoms with Crippen LogP contribution in [0.3, 0.4) is 0 Å². The van der Waals surface area contributed by atoms with Gasteiger partial charge >= 0.3 is 5.97 Å². The van der Waals surface area contributed by atoms with Crippen LogP contribution in [-0.2, 0) is 27.4 Å². The van der Waals surface area contributed by atoms with Gasteiger partial charge in [-0.2, -0.15) is 0 Å². The molecule has 0 aromatic heterocycles. The van der Waals surface area contributed by atoms with Crippen LogP contribution in [0, 0.1) is 0 Å². The van der Waals surface area contributed by atoms with E-state index >= 15 is 0 Å². The van der Waals surface area contributed by atoms with E-state index in [1.807, 2.05) is 42.5 Å². The number of benzene rings is 2. The summed E-state index contributed by atoms with van der Waals surface area (Å²) in [7, 11) is 0. The van der Waals surface area contributed by atoms with E-state index in [4.69, 9.17) is 4.74 Å². The van der Waals surface area contributed by atoms with E-state index < -0.39 is 5.54 Å². The van der Waals surface area contributed by atoms with Gasteiger partial charge < -0.3 is 10.1 Å². The number of carbonyl (C=O) groups is 2. The van der Waals surface area contributed by atoms with Gasteiger partial charge in [-0.15, -0.1) is 11.8 Å². The maximum absolute atomic E-state index is 13.0. The van der Waals surface area contributed by atoms with Gasteiger partial charge in [0, 0.05) is 4.90 Å². The minimum atomic E-state index is -0.889. The molecule has 146 valence electrons. The lowest BCUT2D eigenvalue weighted by atomic mass is 9.81. The summed E-state index contributed by atoms with van der Waals surface area (Å²) < 4.78 is 5.64. The Bertz CT molecular complexity index is 821. The second kappa shape index (κ2) is 8.39. The molecule has 1 unspecified atom stereocenters. The number of ether oxygens (including phenoxy) is 1. The Morgan fingerprint density at radius 1 is 1.00 bits per heavy atom. The van der Waals surface area contributed by atoms with E-state index in [0.29, 0.717) is 19.3 Å². The second-order valence-electron chi connectivity index (χ2n) is 7.61. The van der Waals surface area contributed by atoms with Crippen molar-refractivity contribution >= 4 is 23.6 Å². The number of nitrogens with one attached hydrogen (secondary N) is 1. The highest BCUT2D eigenvalue weighted by Gasteiger charge is 2.44. The van der Waals surface area contributed by atoms with Crippen molar-refractivity contribution in [2.45, 2.75) is 60.8 Å². The van der Waals surface area contributed by atoms with Gasteiger partial charge in [0.1, 0.15) is 12.1 Å². The van der Waals surface area contributed by atoms with Crippen molar-refractivity contribution in [1.29, 1.82) is 0 Å². The molecule has 2 aromatic carbocycles. The van der Waals surface area contributed by atoms with Gasteiger partial charge in [0.2, 0.25) is 5.91 Å². The van der Waals surface area contributed by atoms with Crippen molar-refractivity contribution in [2.24, 2.45) is 0 Å². The molecule has 28 heavy (non-hydrogen) atoms. The number of carbonyl (C=O) groups excluding carboxylic acids is 2. The average Bonchev–Trinajstić information content (AvgIpc) is 3.18. The van der Waals surface area contributed by atoms with Crippen molar-refractivity contribution in [3.8, 4) is 0 Å². The summed E-state index contributed by atoms with van der Waals surface area (Å²) in [5.41, 5.74) is 1.27. The van der Waals surface area contributed by atoms with Crippen molar-refractivity contribution in [3.63, 3.8) is 0 Å². The largest absolute Gasteiger partial charge is 0.459 e. The standard InChI is InChI=1S/C23H25NO3S/c25-21(20-15-18-11-5-6-12-19(18)28-20)24-23(13-7-2-8-14-23)22(26)27-16-17-9-3-1-4-10-17/h1,3-6,9-12,20H,2,7-8,13-16H2,(H,24,25). The summed E-state index contributed by atoms with van der Waals surface area (Å²) in [4.78, 5) is 27.2. The molecule has 1 atom stereocenters. The Labute approximate surface area is 170 Å². The van der Waals surface area contributed by atoms with E-state index in [1.54, 1.807) is 11.8 Å². The summed E-state index contributed by atoms with van der Waals surface area (Å²) in [6.07, 6.45) is 4.96. The predicted octanol–water partition coefficient (Wildman–Crippen LogP) is 4.27. The monoisotopic (exact) mass is 395 g/mol. The van der Waals surface area contributed by atoms with Gasteiger partial charge in [-0.25, -0.2) is 4.79 Å². The van der Waals surface area contributed by atoms with Crippen LogP contribution in [0.25, 0.3) is 0 Å². The zero-order chi connectivity index (χ0) is 19.4. The Balaban J connectivity index is 1.43. The SMILES string of the molecule is O=C(NC1(C(=O)OCc2ccccc2)CCCCC1)C1Cc2ccccc2S1. The number of thioether (sulfide) groups is 1. The Kier molecular flexibility index (Phi) is 5.72. The van der Waals surface area contributed by atoms with E-state index in [-0.39, 0.29) is 23.7 Å². The molecule has 1 aliphatic heterocycles. The topological polar surface area (TPSA) is 55.4 Å². The maximum atomic E-state index is 13.0. The quantitative estimate of drug-likeness (QED) is 0.769. The van der Waals surface area contributed by atoms with E-state index in [0.717, 1.165) is 29.7 Å². The zero-order valence-corrected chi connectivity index (χ0v) is 16.7. The molecule has 1 amide bonds. The lowest BCUT2D eigenvalue weighted by Gasteiger charge is -2.36. The van der Waals surface area contributed by atoms with Gasteiger partial charge in [0.05, 0.1) is 5.25 Å². The fourth-order valence-electron chi connectivity index (χ4n) is 4.04. The highest BCUT2D eigenvalue weighted by molar-refractivity contribution is 8.01. The lowest BCUT2D eigenvalue weighted by Crippen LogP contribution is -2.58. The third-order valence-electron chi connectivity index (χ3n) is 5.61. The molecule has 5 heteroatoms. The Morgan fingerprint density at radius 2 is 1.71 bits per heavy atom. The first kappa shape index (κ1) is 19.1. The number of esters is 1. The van der Waals surface area contributed by atoms with Crippen LogP contribution < -0.4 is 5.32 Å². The molecule has 1 fully saturated rings. The van der Waals surface area contributed by atoms with E-state index in [1.165, 1.54) is 5.56 Å². The van der Waals surface area contributed by atoms with Crippen LogP contribution in [-0.4, -0.2) is 22.7 Å². The van der Waals surface area contributed by atoms with Crippen molar-refractivity contribution in [1.82, 2.24) is 5.32 Å². The predicted molar refractivity (Wildman–Crippen MR) is 110 cm³/mol. The molecule has 0 spiro atoms. The van der Waals surface area contributed by atoms with Gasteiger partial charge in [-0.1, -0.05) is 67.8 Å². The molecule has 0 radical (unpaired) electrons. The van der Waals surface area contributed by atoms with Crippen molar-refractivity contribution in [3.05, 3.63) is 65.7 Å². The van der Waals surface area contributed by atoms with Gasteiger partial charge in [0.25, 0.3) is 0 Å². The summed E-state index contributed by atoms with van der Waals surface area (Å²) in [6, 6.07) is 17.8. The summed E-state index contributed by atoms with van der Waals surface area (Å²) in [5, 5.41) is 2.93. The summed E-state index contributed by atoms with van der Waals surface area (Å²) in [5.74, 6) is -0.357. The molecule has 2 aliphatic rings. The van der Waals surface area contributed by atoms with Gasteiger partial charge in [-0.05, 0) is 36.5 Å². The summed E-state index contributed by atoms with van der Waals surface area (Å²) in [6.45, 7) is 0.237. The molecule has 0 bridgehead atoms. The van der Waals surface area contributed by atoms with Crippen molar-refractivity contribution < 1.29 is 14.3 Å². The highest BCUT2D eigenvalue weighted by atomic mass is 32.2. The molecule has 4 nitrogen and oxygen atoms in total. The lowest BCUT2D eigenvalue weighted by molar-refractivity contribution is -0.156. The Morgan fingerprint density at radius 3 is 2.46 bits per heavy atom. The third-order valence-corrected chi connectivity index (χ3v) is 6.93. The van der Waals surface area contributed by atoms with Gasteiger partial charge in [0.15, 0.2) is 0 Å².